The number of aryl methyl sites for hydroxylation is 2. The molecule has 3 aromatic rings. The lowest BCUT2D eigenvalue weighted by atomic mass is 9.87. The number of hydrogen-bond donors (Lipinski definition) is 1. The molecule has 3 rings (SSSR count). The predicted octanol–water partition coefficient (Wildman–Crippen LogP) is 4.64. The third-order valence-corrected chi connectivity index (χ3v) is 4.90. The fourth-order valence-corrected chi connectivity index (χ4v) is 3.03. The van der Waals surface area contributed by atoms with Gasteiger partial charge in [0.1, 0.15) is 5.58 Å². The standard InChI is InChI=1S/C23H25NO3/c1-14-10-19-17(12-21(25)27-20(19)11-15(14)2)13-24-22(26)16-6-8-18(9-7-16)23(3,4)5/h6-12H,13H2,1-5H3,(H,24,26). The van der Waals surface area contributed by atoms with Gasteiger partial charge in [-0.15, -0.1) is 0 Å². The van der Waals surface area contributed by atoms with E-state index in [0.29, 0.717) is 11.1 Å². The lowest BCUT2D eigenvalue weighted by Crippen LogP contribution is -2.23. The first-order chi connectivity index (χ1) is 12.6. The van der Waals surface area contributed by atoms with Crippen LogP contribution in [0.4, 0.5) is 0 Å². The molecule has 1 heterocycles. The molecule has 2 aromatic carbocycles. The molecule has 0 aliphatic rings. The molecular weight excluding hydrogens is 338 g/mol. The van der Waals surface area contributed by atoms with Crippen LogP contribution in [0.3, 0.4) is 0 Å². The normalized spacial score (nSPS) is 11.6. The van der Waals surface area contributed by atoms with Crippen molar-refractivity contribution in [1.82, 2.24) is 5.32 Å². The summed E-state index contributed by atoms with van der Waals surface area (Å²) in [6.45, 7) is 10.7. The molecule has 27 heavy (non-hydrogen) atoms. The van der Waals surface area contributed by atoms with Crippen molar-refractivity contribution in [2.75, 3.05) is 0 Å². The summed E-state index contributed by atoms with van der Waals surface area (Å²) in [5.74, 6) is -0.166. The summed E-state index contributed by atoms with van der Waals surface area (Å²) in [7, 11) is 0. The number of hydrogen-bond acceptors (Lipinski definition) is 3. The second-order valence-corrected chi connectivity index (χ2v) is 8.03. The Hall–Kier alpha value is -2.88. The Balaban J connectivity index is 1.83. The van der Waals surface area contributed by atoms with Crippen molar-refractivity contribution < 1.29 is 9.21 Å². The zero-order chi connectivity index (χ0) is 19.8. The van der Waals surface area contributed by atoms with Gasteiger partial charge in [-0.2, -0.15) is 0 Å². The van der Waals surface area contributed by atoms with Gasteiger partial charge in [0.15, 0.2) is 0 Å². The average molecular weight is 363 g/mol. The number of fused-ring (bicyclic) bond motifs is 1. The number of carbonyl (C=O) groups excluding carboxylic acids is 1. The minimum Gasteiger partial charge on any atom is -0.423 e. The maximum Gasteiger partial charge on any atom is 0.336 e. The summed E-state index contributed by atoms with van der Waals surface area (Å²) in [5, 5.41) is 3.76. The van der Waals surface area contributed by atoms with Crippen molar-refractivity contribution in [1.29, 1.82) is 0 Å². The summed E-state index contributed by atoms with van der Waals surface area (Å²) < 4.78 is 5.31. The topological polar surface area (TPSA) is 59.3 Å². The monoisotopic (exact) mass is 363 g/mol. The Morgan fingerprint density at radius 2 is 1.63 bits per heavy atom. The maximum absolute atomic E-state index is 12.5. The van der Waals surface area contributed by atoms with Crippen molar-refractivity contribution in [2.45, 2.75) is 46.6 Å². The zero-order valence-corrected chi connectivity index (χ0v) is 16.5. The average Bonchev–Trinajstić information content (AvgIpc) is 2.60. The van der Waals surface area contributed by atoms with Gasteiger partial charge < -0.3 is 9.73 Å². The lowest BCUT2D eigenvalue weighted by Gasteiger charge is -2.19. The molecule has 4 nitrogen and oxygen atoms in total. The quantitative estimate of drug-likeness (QED) is 0.690. The highest BCUT2D eigenvalue weighted by Crippen LogP contribution is 2.23. The van der Waals surface area contributed by atoms with Crippen LogP contribution >= 0.6 is 0 Å². The van der Waals surface area contributed by atoms with E-state index in [4.69, 9.17) is 4.42 Å². The van der Waals surface area contributed by atoms with Crippen LogP contribution < -0.4 is 10.9 Å². The van der Waals surface area contributed by atoms with E-state index in [1.165, 1.54) is 11.6 Å². The van der Waals surface area contributed by atoms with Gasteiger partial charge in [0.05, 0.1) is 0 Å². The number of nitrogens with one attached hydrogen (secondary N) is 1. The molecule has 0 saturated heterocycles. The molecule has 4 heteroatoms. The molecule has 1 aromatic heterocycles. The van der Waals surface area contributed by atoms with E-state index in [-0.39, 0.29) is 17.9 Å². The number of amides is 1. The Bertz CT molecular complexity index is 1050. The Labute approximate surface area is 159 Å². The van der Waals surface area contributed by atoms with E-state index < -0.39 is 5.63 Å². The second-order valence-electron chi connectivity index (χ2n) is 8.03. The first-order valence-electron chi connectivity index (χ1n) is 9.08. The minimum absolute atomic E-state index is 0.0436. The summed E-state index contributed by atoms with van der Waals surface area (Å²) >= 11 is 0. The first-order valence-corrected chi connectivity index (χ1v) is 9.08. The smallest absolute Gasteiger partial charge is 0.336 e. The molecule has 0 saturated carbocycles. The fraction of sp³-hybridized carbons (Fsp3) is 0.304. The fourth-order valence-electron chi connectivity index (χ4n) is 3.03. The van der Waals surface area contributed by atoms with E-state index in [1.54, 1.807) is 0 Å². The highest BCUT2D eigenvalue weighted by Gasteiger charge is 2.15. The van der Waals surface area contributed by atoms with Gasteiger partial charge in [-0.3, -0.25) is 4.79 Å². The van der Waals surface area contributed by atoms with E-state index in [1.807, 2.05) is 50.2 Å². The molecule has 0 radical (unpaired) electrons. The van der Waals surface area contributed by atoms with Gasteiger partial charge in [-0.1, -0.05) is 32.9 Å². The van der Waals surface area contributed by atoms with Gasteiger partial charge in [0.25, 0.3) is 5.91 Å². The number of rotatable bonds is 3. The molecule has 0 unspecified atom stereocenters. The molecule has 0 atom stereocenters. The van der Waals surface area contributed by atoms with Crippen LogP contribution in [-0.2, 0) is 12.0 Å². The molecule has 0 aliphatic carbocycles. The van der Waals surface area contributed by atoms with E-state index in [0.717, 1.165) is 22.1 Å². The van der Waals surface area contributed by atoms with Crippen LogP contribution in [0.25, 0.3) is 11.0 Å². The molecule has 1 amide bonds. The molecule has 0 aliphatic heterocycles. The maximum atomic E-state index is 12.5. The molecule has 0 spiro atoms. The van der Waals surface area contributed by atoms with Gasteiger partial charge in [-0.25, -0.2) is 4.79 Å². The van der Waals surface area contributed by atoms with Gasteiger partial charge in [0.2, 0.25) is 0 Å². The molecule has 140 valence electrons. The van der Waals surface area contributed by atoms with E-state index in [9.17, 15) is 9.59 Å². The summed E-state index contributed by atoms with van der Waals surface area (Å²) in [6.07, 6.45) is 0. The highest BCUT2D eigenvalue weighted by molar-refractivity contribution is 5.94. The molecule has 0 bridgehead atoms. The van der Waals surface area contributed by atoms with Crippen LogP contribution in [0.2, 0.25) is 0 Å². The van der Waals surface area contributed by atoms with Gasteiger partial charge >= 0.3 is 5.63 Å². The SMILES string of the molecule is Cc1cc2oc(=O)cc(CNC(=O)c3ccc(C(C)(C)C)cc3)c2cc1C. The molecule has 1 N–H and O–H groups in total. The van der Waals surface area contributed by atoms with Crippen LogP contribution in [-0.4, -0.2) is 5.91 Å². The summed E-state index contributed by atoms with van der Waals surface area (Å²) in [4.78, 5) is 24.4. The summed E-state index contributed by atoms with van der Waals surface area (Å²) in [5.41, 5.74) is 4.88. The Kier molecular flexibility index (Phi) is 4.92. The van der Waals surface area contributed by atoms with Crippen molar-refractivity contribution in [2.24, 2.45) is 0 Å². The summed E-state index contributed by atoms with van der Waals surface area (Å²) in [6, 6.07) is 12.9. The third kappa shape index (κ3) is 4.11. The van der Waals surface area contributed by atoms with Crippen molar-refractivity contribution >= 4 is 16.9 Å². The van der Waals surface area contributed by atoms with Crippen molar-refractivity contribution in [3.8, 4) is 0 Å². The van der Waals surface area contributed by atoms with E-state index >= 15 is 0 Å². The van der Waals surface area contributed by atoms with Crippen LogP contribution in [0.5, 0.6) is 0 Å². The Morgan fingerprint density at radius 1 is 1.00 bits per heavy atom. The van der Waals surface area contributed by atoms with Crippen LogP contribution in [0.15, 0.2) is 51.7 Å². The molecule has 0 fully saturated rings. The van der Waals surface area contributed by atoms with Crippen LogP contribution in [0.1, 0.15) is 53.4 Å². The Morgan fingerprint density at radius 3 is 2.26 bits per heavy atom. The number of carbonyl (C=O) groups is 1. The molecular formula is C23H25NO3. The minimum atomic E-state index is -0.412. The van der Waals surface area contributed by atoms with Crippen molar-refractivity contribution in [3.05, 3.63) is 80.7 Å². The van der Waals surface area contributed by atoms with Gasteiger partial charge in [-0.05, 0) is 65.8 Å². The van der Waals surface area contributed by atoms with Crippen molar-refractivity contribution in [3.63, 3.8) is 0 Å². The van der Waals surface area contributed by atoms with Crippen LogP contribution in [0, 0.1) is 13.8 Å². The second kappa shape index (κ2) is 7.03. The van der Waals surface area contributed by atoms with E-state index in [2.05, 4.69) is 26.1 Å². The highest BCUT2D eigenvalue weighted by atomic mass is 16.4. The predicted molar refractivity (Wildman–Crippen MR) is 108 cm³/mol. The zero-order valence-electron chi connectivity index (χ0n) is 16.5. The van der Waals surface area contributed by atoms with Gasteiger partial charge in [0, 0.05) is 23.6 Å². The first kappa shape index (κ1) is 18.9. The number of benzene rings is 2. The lowest BCUT2D eigenvalue weighted by molar-refractivity contribution is 0.0951. The largest absolute Gasteiger partial charge is 0.423 e. The third-order valence-electron chi connectivity index (χ3n) is 4.90.